The number of amides is 1. The molecule has 7 nitrogen and oxygen atoms in total. The zero-order valence-corrected chi connectivity index (χ0v) is 17.4. The van der Waals surface area contributed by atoms with Gasteiger partial charge in [-0.25, -0.2) is 4.68 Å². The highest BCUT2D eigenvalue weighted by atomic mass is 16.5. The molecular formula is C25H20N4O3. The van der Waals surface area contributed by atoms with Crippen LogP contribution >= 0.6 is 0 Å². The number of hydrogen-bond donors (Lipinski definition) is 1. The van der Waals surface area contributed by atoms with Crippen LogP contribution < -0.4 is 10.1 Å². The first-order valence-electron chi connectivity index (χ1n) is 9.90. The van der Waals surface area contributed by atoms with E-state index in [4.69, 9.17) is 14.3 Å². The Labute approximate surface area is 185 Å². The topological polar surface area (TPSA) is 93.1 Å². The molecule has 0 aliphatic carbocycles. The van der Waals surface area contributed by atoms with Gasteiger partial charge < -0.3 is 14.5 Å². The number of methoxy groups -OCH3 is 1. The van der Waals surface area contributed by atoms with E-state index in [1.54, 1.807) is 36.2 Å². The standard InChI is InChI=1S/C25H20N4O3/c1-31-22-11-9-18(10-12-22)24-20(17-29(28-24)21-6-3-2-4-7-21)14-19(15-26)25(30)27-16-23-8-5-13-32-23/h2-14,17H,16H2,1H3,(H,27,30)/b19-14+. The number of nitrogens with zero attached hydrogens (tertiary/aromatic N) is 3. The van der Waals surface area contributed by atoms with E-state index in [1.807, 2.05) is 60.7 Å². The average Bonchev–Trinajstić information content (AvgIpc) is 3.52. The molecule has 0 aliphatic heterocycles. The molecule has 0 atom stereocenters. The Kier molecular flexibility index (Phi) is 6.14. The average molecular weight is 424 g/mol. The second-order valence-electron chi connectivity index (χ2n) is 6.87. The van der Waals surface area contributed by atoms with E-state index in [0.717, 1.165) is 17.0 Å². The lowest BCUT2D eigenvalue weighted by Crippen LogP contribution is -2.23. The number of nitriles is 1. The van der Waals surface area contributed by atoms with Crippen molar-refractivity contribution in [3.05, 3.63) is 96.1 Å². The van der Waals surface area contributed by atoms with Crippen molar-refractivity contribution in [2.24, 2.45) is 0 Å². The molecule has 4 aromatic rings. The summed E-state index contributed by atoms with van der Waals surface area (Å²) in [7, 11) is 1.60. The molecule has 0 saturated heterocycles. The zero-order chi connectivity index (χ0) is 22.3. The Balaban J connectivity index is 1.70. The molecule has 32 heavy (non-hydrogen) atoms. The monoisotopic (exact) mass is 424 g/mol. The van der Waals surface area contributed by atoms with Crippen LogP contribution in [0.5, 0.6) is 5.75 Å². The summed E-state index contributed by atoms with van der Waals surface area (Å²) in [6, 6.07) is 22.6. The fourth-order valence-corrected chi connectivity index (χ4v) is 3.16. The molecule has 0 radical (unpaired) electrons. The quantitative estimate of drug-likeness (QED) is 0.351. The van der Waals surface area contributed by atoms with Gasteiger partial charge in [0.15, 0.2) is 0 Å². The van der Waals surface area contributed by atoms with Gasteiger partial charge in [-0.2, -0.15) is 10.4 Å². The number of carbonyl (C=O) groups excluding carboxylic acids is 1. The Hall–Kier alpha value is -4.57. The summed E-state index contributed by atoms with van der Waals surface area (Å²) in [5.74, 6) is 0.840. The molecular weight excluding hydrogens is 404 g/mol. The SMILES string of the molecule is COc1ccc(-c2nn(-c3ccccc3)cc2/C=C(\C#N)C(=O)NCc2ccco2)cc1. The van der Waals surface area contributed by atoms with Gasteiger partial charge in [-0.3, -0.25) is 4.79 Å². The first kappa shape index (κ1) is 20.7. The second-order valence-corrected chi connectivity index (χ2v) is 6.87. The minimum absolute atomic E-state index is 0.0288. The highest BCUT2D eigenvalue weighted by Gasteiger charge is 2.15. The Morgan fingerprint density at radius 3 is 2.59 bits per heavy atom. The molecule has 0 fully saturated rings. The third-order valence-corrected chi connectivity index (χ3v) is 4.79. The third-order valence-electron chi connectivity index (χ3n) is 4.79. The number of rotatable bonds is 7. The van der Waals surface area contributed by atoms with Crippen LogP contribution in [0, 0.1) is 11.3 Å². The van der Waals surface area contributed by atoms with Crippen molar-refractivity contribution in [1.29, 1.82) is 5.26 Å². The lowest BCUT2D eigenvalue weighted by molar-refractivity contribution is -0.117. The highest BCUT2D eigenvalue weighted by molar-refractivity contribution is 6.02. The van der Waals surface area contributed by atoms with Crippen LogP contribution in [0.3, 0.4) is 0 Å². The minimum atomic E-state index is -0.489. The summed E-state index contributed by atoms with van der Waals surface area (Å²) in [6.07, 6.45) is 4.87. The van der Waals surface area contributed by atoms with E-state index in [0.29, 0.717) is 17.0 Å². The van der Waals surface area contributed by atoms with Crippen LogP contribution in [0.15, 0.2) is 89.2 Å². The number of para-hydroxylation sites is 1. The molecule has 2 aromatic heterocycles. The van der Waals surface area contributed by atoms with Crippen molar-refractivity contribution in [2.75, 3.05) is 7.11 Å². The summed E-state index contributed by atoms with van der Waals surface area (Å²) in [6.45, 7) is 0.194. The maximum atomic E-state index is 12.6. The number of nitrogens with one attached hydrogen (secondary N) is 1. The summed E-state index contributed by atoms with van der Waals surface area (Å²) in [5.41, 5.74) is 2.95. The van der Waals surface area contributed by atoms with Crippen LogP contribution in [0.1, 0.15) is 11.3 Å². The number of benzene rings is 2. The maximum absolute atomic E-state index is 12.6. The van der Waals surface area contributed by atoms with Crippen LogP contribution in [-0.4, -0.2) is 22.8 Å². The number of carbonyl (C=O) groups is 1. The highest BCUT2D eigenvalue weighted by Crippen LogP contribution is 2.27. The first-order chi connectivity index (χ1) is 15.7. The lowest BCUT2D eigenvalue weighted by Gasteiger charge is -2.04. The van der Waals surface area contributed by atoms with E-state index >= 15 is 0 Å². The molecule has 2 heterocycles. The number of aromatic nitrogens is 2. The van der Waals surface area contributed by atoms with Gasteiger partial charge in [0.1, 0.15) is 23.2 Å². The van der Waals surface area contributed by atoms with Crippen LogP contribution in [-0.2, 0) is 11.3 Å². The van der Waals surface area contributed by atoms with Crippen molar-refractivity contribution in [3.8, 4) is 28.8 Å². The summed E-state index contributed by atoms with van der Waals surface area (Å²) in [5, 5.41) is 17.0. The predicted octanol–water partition coefficient (Wildman–Crippen LogP) is 4.36. The molecule has 158 valence electrons. The predicted molar refractivity (Wildman–Crippen MR) is 120 cm³/mol. The van der Waals surface area contributed by atoms with Gasteiger partial charge >= 0.3 is 0 Å². The van der Waals surface area contributed by atoms with E-state index < -0.39 is 5.91 Å². The molecule has 1 N–H and O–H groups in total. The van der Waals surface area contributed by atoms with Gasteiger partial charge in [0, 0.05) is 17.3 Å². The van der Waals surface area contributed by atoms with Crippen LogP contribution in [0.2, 0.25) is 0 Å². The smallest absolute Gasteiger partial charge is 0.262 e. The minimum Gasteiger partial charge on any atom is -0.497 e. The van der Waals surface area contributed by atoms with Gasteiger partial charge in [0.05, 0.1) is 31.3 Å². The largest absolute Gasteiger partial charge is 0.497 e. The van der Waals surface area contributed by atoms with Crippen molar-refractivity contribution in [1.82, 2.24) is 15.1 Å². The summed E-state index contributed by atoms with van der Waals surface area (Å²) >= 11 is 0. The van der Waals surface area contributed by atoms with E-state index in [9.17, 15) is 10.1 Å². The maximum Gasteiger partial charge on any atom is 0.262 e. The Morgan fingerprint density at radius 2 is 1.94 bits per heavy atom. The summed E-state index contributed by atoms with van der Waals surface area (Å²) < 4.78 is 12.2. The molecule has 7 heteroatoms. The molecule has 0 aliphatic rings. The van der Waals surface area contributed by atoms with E-state index in [-0.39, 0.29) is 12.1 Å². The van der Waals surface area contributed by atoms with Crippen molar-refractivity contribution < 1.29 is 13.9 Å². The van der Waals surface area contributed by atoms with Gasteiger partial charge in [0.25, 0.3) is 5.91 Å². The van der Waals surface area contributed by atoms with Crippen molar-refractivity contribution in [2.45, 2.75) is 6.54 Å². The normalized spacial score (nSPS) is 11.1. The summed E-state index contributed by atoms with van der Waals surface area (Å²) in [4.78, 5) is 12.6. The second kappa shape index (κ2) is 9.49. The van der Waals surface area contributed by atoms with Crippen LogP contribution in [0.4, 0.5) is 0 Å². The number of furan rings is 1. The van der Waals surface area contributed by atoms with Crippen LogP contribution in [0.25, 0.3) is 23.0 Å². The van der Waals surface area contributed by atoms with Gasteiger partial charge in [-0.1, -0.05) is 18.2 Å². The molecule has 0 saturated carbocycles. The molecule has 0 spiro atoms. The molecule has 1 amide bonds. The lowest BCUT2D eigenvalue weighted by atomic mass is 10.1. The van der Waals surface area contributed by atoms with Crippen molar-refractivity contribution in [3.63, 3.8) is 0 Å². The van der Waals surface area contributed by atoms with Crippen molar-refractivity contribution >= 4 is 12.0 Å². The van der Waals surface area contributed by atoms with Gasteiger partial charge in [-0.15, -0.1) is 0 Å². The fourth-order valence-electron chi connectivity index (χ4n) is 3.16. The first-order valence-corrected chi connectivity index (χ1v) is 9.90. The van der Waals surface area contributed by atoms with E-state index in [1.165, 1.54) is 6.26 Å². The van der Waals surface area contributed by atoms with Gasteiger partial charge in [-0.05, 0) is 54.6 Å². The molecule has 0 unspecified atom stereocenters. The Morgan fingerprint density at radius 1 is 1.16 bits per heavy atom. The Bertz CT molecular complexity index is 1270. The van der Waals surface area contributed by atoms with Gasteiger partial charge in [0.2, 0.25) is 0 Å². The fraction of sp³-hybridized carbons (Fsp3) is 0.0800. The molecule has 0 bridgehead atoms. The van der Waals surface area contributed by atoms with E-state index in [2.05, 4.69) is 5.32 Å². The number of hydrogen-bond acceptors (Lipinski definition) is 5. The zero-order valence-electron chi connectivity index (χ0n) is 17.4. The molecule has 4 rings (SSSR count). The number of ether oxygens (including phenoxy) is 1. The molecule has 2 aromatic carbocycles. The third kappa shape index (κ3) is 4.60.